The van der Waals surface area contributed by atoms with E-state index >= 15 is 0 Å². The second-order valence-corrected chi connectivity index (χ2v) is 4.62. The average Bonchev–Trinajstić information content (AvgIpc) is 2.42. The van der Waals surface area contributed by atoms with Crippen molar-refractivity contribution >= 4 is 5.97 Å². The molecule has 0 aliphatic rings. The molecule has 0 saturated heterocycles. The normalized spacial score (nSPS) is 10.8. The Balaban J connectivity index is 2.10. The van der Waals surface area contributed by atoms with Gasteiger partial charge >= 0.3 is 5.97 Å². The van der Waals surface area contributed by atoms with E-state index in [2.05, 4.69) is 4.98 Å². The molecule has 0 saturated carbocycles. The van der Waals surface area contributed by atoms with Crippen LogP contribution in [-0.2, 0) is 13.1 Å². The molecule has 0 spiro atoms. The minimum absolute atomic E-state index is 0.294. The van der Waals surface area contributed by atoms with Crippen LogP contribution in [0.5, 0.6) is 0 Å². The molecule has 2 aromatic rings. The number of carbonyl (C=O) groups is 1. The summed E-state index contributed by atoms with van der Waals surface area (Å²) in [6.45, 7) is 0.951. The average molecular weight is 274 g/mol. The summed E-state index contributed by atoms with van der Waals surface area (Å²) < 4.78 is 14.0. The summed E-state index contributed by atoms with van der Waals surface area (Å²) >= 11 is 0. The molecule has 20 heavy (non-hydrogen) atoms. The van der Waals surface area contributed by atoms with Crippen molar-refractivity contribution in [2.75, 3.05) is 7.05 Å². The molecule has 0 bridgehead atoms. The van der Waals surface area contributed by atoms with Crippen LogP contribution in [0.4, 0.5) is 4.39 Å². The highest BCUT2D eigenvalue weighted by Crippen LogP contribution is 2.15. The van der Waals surface area contributed by atoms with Crippen molar-refractivity contribution in [3.05, 3.63) is 65.2 Å². The highest BCUT2D eigenvalue weighted by atomic mass is 19.1. The highest BCUT2D eigenvalue weighted by molar-refractivity contribution is 5.88. The number of aromatic nitrogens is 1. The molecule has 0 amide bonds. The molecule has 1 aromatic heterocycles. The Morgan fingerprint density at radius 3 is 2.75 bits per heavy atom. The zero-order valence-corrected chi connectivity index (χ0v) is 11.1. The molecular formula is C15H15FN2O2. The van der Waals surface area contributed by atoms with Gasteiger partial charge in [0, 0.05) is 31.0 Å². The van der Waals surface area contributed by atoms with Gasteiger partial charge in [0.25, 0.3) is 0 Å². The van der Waals surface area contributed by atoms with Crippen LogP contribution in [-0.4, -0.2) is 28.0 Å². The predicted octanol–water partition coefficient (Wildman–Crippen LogP) is 2.55. The van der Waals surface area contributed by atoms with E-state index in [0.29, 0.717) is 18.7 Å². The summed E-state index contributed by atoms with van der Waals surface area (Å²) in [5, 5.41) is 8.90. The molecule has 0 radical (unpaired) electrons. The van der Waals surface area contributed by atoms with Crippen LogP contribution in [0.15, 0.2) is 42.7 Å². The first-order chi connectivity index (χ1) is 9.58. The third-order valence-electron chi connectivity index (χ3n) is 2.92. The van der Waals surface area contributed by atoms with Gasteiger partial charge in [-0.2, -0.15) is 0 Å². The van der Waals surface area contributed by atoms with Crippen LogP contribution < -0.4 is 0 Å². The van der Waals surface area contributed by atoms with Crippen LogP contribution in [0.25, 0.3) is 0 Å². The van der Waals surface area contributed by atoms with Gasteiger partial charge in [-0.1, -0.05) is 18.2 Å². The molecule has 4 nitrogen and oxygen atoms in total. The Bertz CT molecular complexity index is 602. The van der Waals surface area contributed by atoms with E-state index in [4.69, 9.17) is 5.11 Å². The third-order valence-corrected chi connectivity index (χ3v) is 2.92. The minimum Gasteiger partial charge on any atom is -0.478 e. The quantitative estimate of drug-likeness (QED) is 0.910. The maximum atomic E-state index is 14.0. The standard InChI is InChI=1S/C15H15FN2O2/c1-18(9-11-4-3-7-17-8-11)10-12-5-2-6-13(14(12)16)15(19)20/h2-8H,9-10H2,1H3,(H,19,20). The first-order valence-corrected chi connectivity index (χ1v) is 6.16. The first-order valence-electron chi connectivity index (χ1n) is 6.16. The van der Waals surface area contributed by atoms with Crippen molar-refractivity contribution in [3.8, 4) is 0 Å². The zero-order chi connectivity index (χ0) is 14.5. The molecule has 2 rings (SSSR count). The fourth-order valence-electron chi connectivity index (χ4n) is 2.02. The van der Waals surface area contributed by atoms with Crippen LogP contribution >= 0.6 is 0 Å². The fourth-order valence-corrected chi connectivity index (χ4v) is 2.02. The van der Waals surface area contributed by atoms with Crippen LogP contribution in [0.1, 0.15) is 21.5 Å². The van der Waals surface area contributed by atoms with Gasteiger partial charge in [0.1, 0.15) is 5.82 Å². The van der Waals surface area contributed by atoms with Crippen molar-refractivity contribution in [1.29, 1.82) is 0 Å². The Kier molecular flexibility index (Phi) is 4.42. The molecule has 1 aromatic carbocycles. The number of nitrogens with zero attached hydrogens (tertiary/aromatic N) is 2. The number of aromatic carboxylic acids is 1. The summed E-state index contributed by atoms with van der Waals surface area (Å²) in [5.41, 5.74) is 1.10. The largest absolute Gasteiger partial charge is 0.478 e. The van der Waals surface area contributed by atoms with Gasteiger partial charge < -0.3 is 5.11 Å². The monoisotopic (exact) mass is 274 g/mol. The molecular weight excluding hydrogens is 259 g/mol. The zero-order valence-electron chi connectivity index (χ0n) is 11.1. The van der Waals surface area contributed by atoms with Gasteiger partial charge in [0.15, 0.2) is 0 Å². The van der Waals surface area contributed by atoms with E-state index < -0.39 is 11.8 Å². The molecule has 1 N–H and O–H groups in total. The number of hydrogen-bond acceptors (Lipinski definition) is 3. The predicted molar refractivity (Wildman–Crippen MR) is 72.8 cm³/mol. The van der Waals surface area contributed by atoms with Crippen LogP contribution in [0.2, 0.25) is 0 Å². The van der Waals surface area contributed by atoms with Crippen molar-refractivity contribution in [2.45, 2.75) is 13.1 Å². The Labute approximate surface area is 116 Å². The number of rotatable bonds is 5. The van der Waals surface area contributed by atoms with Gasteiger partial charge in [-0.05, 0) is 24.7 Å². The second kappa shape index (κ2) is 6.25. The first kappa shape index (κ1) is 14.1. The van der Waals surface area contributed by atoms with E-state index in [1.807, 2.05) is 24.1 Å². The number of carboxylic acids is 1. The second-order valence-electron chi connectivity index (χ2n) is 4.62. The molecule has 0 fully saturated rings. The summed E-state index contributed by atoms with van der Waals surface area (Å²) in [6.07, 6.45) is 3.44. The third kappa shape index (κ3) is 3.39. The Hall–Kier alpha value is -2.27. The van der Waals surface area contributed by atoms with E-state index in [9.17, 15) is 9.18 Å². The Morgan fingerprint density at radius 1 is 1.30 bits per heavy atom. The number of benzene rings is 1. The molecule has 0 unspecified atom stereocenters. The minimum atomic E-state index is -1.25. The van der Waals surface area contributed by atoms with Crippen molar-refractivity contribution in [3.63, 3.8) is 0 Å². The summed E-state index contributed by atoms with van der Waals surface area (Å²) in [5.74, 6) is -1.92. The van der Waals surface area contributed by atoms with Crippen molar-refractivity contribution in [1.82, 2.24) is 9.88 Å². The van der Waals surface area contributed by atoms with E-state index in [-0.39, 0.29) is 5.56 Å². The van der Waals surface area contributed by atoms with Gasteiger partial charge in [-0.3, -0.25) is 9.88 Å². The summed E-state index contributed by atoms with van der Waals surface area (Å²) in [6, 6.07) is 8.20. The van der Waals surface area contributed by atoms with Gasteiger partial charge in [-0.25, -0.2) is 9.18 Å². The number of halogens is 1. The maximum Gasteiger partial charge on any atom is 0.338 e. The summed E-state index contributed by atoms with van der Waals surface area (Å²) in [7, 11) is 1.85. The molecule has 5 heteroatoms. The lowest BCUT2D eigenvalue weighted by molar-refractivity contribution is 0.0691. The van der Waals surface area contributed by atoms with E-state index in [1.165, 1.54) is 6.07 Å². The topological polar surface area (TPSA) is 53.4 Å². The maximum absolute atomic E-state index is 14.0. The van der Waals surface area contributed by atoms with Gasteiger partial charge in [0.05, 0.1) is 5.56 Å². The Morgan fingerprint density at radius 2 is 2.10 bits per heavy atom. The molecule has 104 valence electrons. The van der Waals surface area contributed by atoms with E-state index in [1.54, 1.807) is 24.5 Å². The molecule has 1 heterocycles. The number of pyridine rings is 1. The van der Waals surface area contributed by atoms with E-state index in [0.717, 1.165) is 5.56 Å². The lowest BCUT2D eigenvalue weighted by Gasteiger charge is -2.17. The highest BCUT2D eigenvalue weighted by Gasteiger charge is 2.14. The number of hydrogen-bond donors (Lipinski definition) is 1. The summed E-state index contributed by atoms with van der Waals surface area (Å²) in [4.78, 5) is 16.8. The molecule has 0 aliphatic heterocycles. The number of carboxylic acid groups (broad SMARTS) is 1. The molecule has 0 atom stereocenters. The lowest BCUT2D eigenvalue weighted by Crippen LogP contribution is -2.19. The van der Waals surface area contributed by atoms with Crippen LogP contribution in [0, 0.1) is 5.82 Å². The van der Waals surface area contributed by atoms with Crippen molar-refractivity contribution in [2.24, 2.45) is 0 Å². The SMILES string of the molecule is CN(Cc1cccnc1)Cc1cccc(C(=O)O)c1F. The van der Waals surface area contributed by atoms with Crippen LogP contribution in [0.3, 0.4) is 0 Å². The van der Waals surface area contributed by atoms with Gasteiger partial charge in [-0.15, -0.1) is 0 Å². The molecule has 0 aliphatic carbocycles. The smallest absolute Gasteiger partial charge is 0.338 e. The van der Waals surface area contributed by atoms with Crippen molar-refractivity contribution < 1.29 is 14.3 Å². The fraction of sp³-hybridized carbons (Fsp3) is 0.200. The van der Waals surface area contributed by atoms with Gasteiger partial charge in [0.2, 0.25) is 0 Å². The lowest BCUT2D eigenvalue weighted by atomic mass is 10.1.